The second-order valence-corrected chi connectivity index (χ2v) is 7.85. The van der Waals surface area contributed by atoms with E-state index >= 15 is 0 Å². The molecule has 33 heavy (non-hydrogen) atoms. The Hall–Kier alpha value is -3.59. The molecule has 174 valence electrons. The molecule has 2 aromatic carbocycles. The Bertz CT molecular complexity index is 1040. The number of nitrogens with zero attached hydrogens (tertiary/aromatic N) is 2. The van der Waals surface area contributed by atoms with Crippen LogP contribution < -0.4 is 20.3 Å². The Morgan fingerprint density at radius 1 is 1.03 bits per heavy atom. The molecule has 2 aromatic rings. The third-order valence-electron chi connectivity index (χ3n) is 5.71. The van der Waals surface area contributed by atoms with Crippen LogP contribution in [0.5, 0.6) is 11.5 Å². The number of carbonyl (C=O) groups excluding carboxylic acids is 3. The summed E-state index contributed by atoms with van der Waals surface area (Å²) in [7, 11) is 0. The highest BCUT2D eigenvalue weighted by Crippen LogP contribution is 2.47. The minimum absolute atomic E-state index is 0.427. The molecule has 2 aliphatic heterocycles. The van der Waals surface area contributed by atoms with Crippen LogP contribution in [0.4, 0.5) is 10.5 Å². The van der Waals surface area contributed by atoms with E-state index in [4.69, 9.17) is 20.0 Å². The first-order valence-corrected chi connectivity index (χ1v) is 11.1. The van der Waals surface area contributed by atoms with Crippen LogP contribution in [0, 0.1) is 5.92 Å². The van der Waals surface area contributed by atoms with Crippen LogP contribution in [0.25, 0.3) is 0 Å². The Balaban J connectivity index is 1.76. The van der Waals surface area contributed by atoms with Gasteiger partial charge in [-0.05, 0) is 43.2 Å². The molecule has 9 heteroatoms. The van der Waals surface area contributed by atoms with Crippen molar-refractivity contribution in [3.63, 3.8) is 0 Å². The van der Waals surface area contributed by atoms with Crippen LogP contribution in [0.15, 0.2) is 48.5 Å². The number of ether oxygens (including phenoxy) is 2. The number of carbonyl (C=O) groups is 3. The van der Waals surface area contributed by atoms with Crippen LogP contribution in [-0.4, -0.2) is 42.1 Å². The van der Waals surface area contributed by atoms with Crippen molar-refractivity contribution >= 4 is 23.5 Å². The first-order chi connectivity index (χ1) is 16.0. The molecule has 0 saturated carbocycles. The van der Waals surface area contributed by atoms with Gasteiger partial charge in [0.15, 0.2) is 17.6 Å². The van der Waals surface area contributed by atoms with Gasteiger partial charge in [0, 0.05) is 0 Å². The highest BCUT2D eigenvalue weighted by atomic mass is 16.7. The van der Waals surface area contributed by atoms with Crippen molar-refractivity contribution in [1.82, 2.24) is 4.90 Å². The number of para-hydroxylation sites is 1. The smallest absolute Gasteiger partial charge is 0.328 e. The van der Waals surface area contributed by atoms with Gasteiger partial charge in [-0.15, -0.1) is 0 Å². The quantitative estimate of drug-likeness (QED) is 0.483. The van der Waals surface area contributed by atoms with E-state index in [1.165, 1.54) is 0 Å². The maximum Gasteiger partial charge on any atom is 0.328 e. The van der Waals surface area contributed by atoms with Gasteiger partial charge in [0.05, 0.1) is 24.9 Å². The highest BCUT2D eigenvalue weighted by molar-refractivity contribution is 6.18. The van der Waals surface area contributed by atoms with Gasteiger partial charge >= 0.3 is 6.03 Å². The molecule has 2 fully saturated rings. The molecule has 2 heterocycles. The Kier molecular flexibility index (Phi) is 6.50. The molecule has 0 spiro atoms. The van der Waals surface area contributed by atoms with Gasteiger partial charge in [-0.25, -0.2) is 9.86 Å². The number of urea groups is 1. The number of benzene rings is 2. The highest BCUT2D eigenvalue weighted by Gasteiger charge is 2.61. The van der Waals surface area contributed by atoms with E-state index in [9.17, 15) is 14.4 Å². The molecule has 0 bridgehead atoms. The number of imide groups is 3. The summed E-state index contributed by atoms with van der Waals surface area (Å²) in [6, 6.07) is 12.8. The van der Waals surface area contributed by atoms with E-state index < -0.39 is 35.9 Å². The fourth-order valence-corrected chi connectivity index (χ4v) is 4.19. The van der Waals surface area contributed by atoms with E-state index in [1.807, 2.05) is 43.3 Å². The molecule has 4 rings (SSSR count). The van der Waals surface area contributed by atoms with Gasteiger partial charge in [-0.3, -0.25) is 14.4 Å². The lowest BCUT2D eigenvalue weighted by Crippen LogP contribution is -2.44. The van der Waals surface area contributed by atoms with Crippen LogP contribution >= 0.6 is 0 Å². The molecule has 0 aliphatic carbocycles. The second-order valence-electron chi connectivity index (χ2n) is 7.85. The number of fused-ring (bicyclic) bond motifs is 1. The van der Waals surface area contributed by atoms with Crippen LogP contribution in [0.1, 0.15) is 38.3 Å². The lowest BCUT2D eigenvalue weighted by molar-refractivity contribution is -0.139. The van der Waals surface area contributed by atoms with Crippen molar-refractivity contribution in [3.05, 3.63) is 54.1 Å². The van der Waals surface area contributed by atoms with Gasteiger partial charge in [0.1, 0.15) is 5.92 Å². The SMILES string of the molecule is CCCCOc1ccc([C@@H]2[C@H]3C(=O)N(C(N)=O)C(=O)[C@H]3ON2c2ccccc2)cc1OCC. The summed E-state index contributed by atoms with van der Waals surface area (Å²) in [6.07, 6.45) is 0.768. The molecular formula is C24H27N3O6. The number of anilines is 1. The van der Waals surface area contributed by atoms with E-state index in [0.717, 1.165) is 12.8 Å². The predicted molar refractivity (Wildman–Crippen MR) is 119 cm³/mol. The number of hydroxylamine groups is 1. The number of amides is 4. The monoisotopic (exact) mass is 453 g/mol. The van der Waals surface area contributed by atoms with E-state index in [2.05, 4.69) is 6.92 Å². The number of primary amides is 1. The van der Waals surface area contributed by atoms with Gasteiger partial charge in [0.2, 0.25) is 5.91 Å². The third kappa shape index (κ3) is 4.11. The topological polar surface area (TPSA) is 111 Å². The largest absolute Gasteiger partial charge is 0.490 e. The maximum atomic E-state index is 13.1. The maximum absolute atomic E-state index is 13.1. The number of likely N-dealkylation sites (tertiary alicyclic amines) is 1. The van der Waals surface area contributed by atoms with Crippen molar-refractivity contribution in [2.24, 2.45) is 11.7 Å². The fourth-order valence-electron chi connectivity index (χ4n) is 4.19. The van der Waals surface area contributed by atoms with Crippen molar-refractivity contribution in [2.45, 2.75) is 38.8 Å². The number of unbranched alkanes of at least 4 members (excludes halogenated alkanes) is 1. The number of rotatable bonds is 8. The van der Waals surface area contributed by atoms with Crippen molar-refractivity contribution in [1.29, 1.82) is 0 Å². The van der Waals surface area contributed by atoms with Crippen LogP contribution in [-0.2, 0) is 14.4 Å². The third-order valence-corrected chi connectivity index (χ3v) is 5.71. The summed E-state index contributed by atoms with van der Waals surface area (Å²) in [5.74, 6) is -1.24. The molecule has 3 atom stereocenters. The number of hydrogen-bond acceptors (Lipinski definition) is 7. The molecule has 0 unspecified atom stereocenters. The molecule has 4 amide bonds. The minimum atomic E-state index is -1.15. The summed E-state index contributed by atoms with van der Waals surface area (Å²) < 4.78 is 11.7. The molecular weight excluding hydrogens is 426 g/mol. The summed E-state index contributed by atoms with van der Waals surface area (Å²) in [5, 5.41) is 1.55. The average molecular weight is 453 g/mol. The number of hydrogen-bond donors (Lipinski definition) is 1. The zero-order valence-electron chi connectivity index (χ0n) is 18.6. The van der Waals surface area contributed by atoms with Gasteiger partial charge < -0.3 is 15.2 Å². The van der Waals surface area contributed by atoms with Gasteiger partial charge in [-0.2, -0.15) is 4.90 Å². The standard InChI is InChI=1S/C24H27N3O6/c1-3-5-13-32-17-12-11-15(14-18(17)31-4-2)20-19-21(23(29)26(22(19)28)24(25)30)33-27(20)16-9-7-6-8-10-16/h6-12,14,19-21H,3-5,13H2,1-2H3,(H2,25,30)/t19-,20-,21+/m1/s1. The molecule has 0 radical (unpaired) electrons. The van der Waals surface area contributed by atoms with Crippen LogP contribution in [0.3, 0.4) is 0 Å². The summed E-state index contributed by atoms with van der Waals surface area (Å²) in [5.41, 5.74) is 6.65. The molecule has 9 nitrogen and oxygen atoms in total. The first-order valence-electron chi connectivity index (χ1n) is 11.1. The molecule has 2 saturated heterocycles. The molecule has 2 aliphatic rings. The Morgan fingerprint density at radius 3 is 2.45 bits per heavy atom. The Labute approximate surface area is 191 Å². The average Bonchev–Trinajstić information content (AvgIpc) is 3.31. The van der Waals surface area contributed by atoms with Crippen molar-refractivity contribution in [3.8, 4) is 11.5 Å². The summed E-state index contributed by atoms with van der Waals surface area (Å²) in [4.78, 5) is 44.0. The van der Waals surface area contributed by atoms with E-state index in [0.29, 0.717) is 40.9 Å². The van der Waals surface area contributed by atoms with Crippen molar-refractivity contribution < 1.29 is 28.7 Å². The number of nitrogens with two attached hydrogens (primary N) is 1. The van der Waals surface area contributed by atoms with E-state index in [1.54, 1.807) is 17.2 Å². The Morgan fingerprint density at radius 2 is 1.79 bits per heavy atom. The lowest BCUT2D eigenvalue weighted by Gasteiger charge is -2.28. The summed E-state index contributed by atoms with van der Waals surface area (Å²) in [6.45, 7) is 4.94. The molecule has 0 aromatic heterocycles. The predicted octanol–water partition coefficient (Wildman–Crippen LogP) is 3.19. The zero-order valence-corrected chi connectivity index (χ0v) is 18.6. The summed E-state index contributed by atoms with van der Waals surface area (Å²) >= 11 is 0. The van der Waals surface area contributed by atoms with Gasteiger partial charge in [-0.1, -0.05) is 37.6 Å². The lowest BCUT2D eigenvalue weighted by atomic mass is 9.90. The normalized spacial score (nSPS) is 21.9. The fraction of sp³-hybridized carbons (Fsp3) is 0.375. The van der Waals surface area contributed by atoms with Crippen molar-refractivity contribution in [2.75, 3.05) is 18.3 Å². The second kappa shape index (κ2) is 9.50. The zero-order chi connectivity index (χ0) is 23.5. The van der Waals surface area contributed by atoms with E-state index in [-0.39, 0.29) is 0 Å². The first kappa shape index (κ1) is 22.6. The minimum Gasteiger partial charge on any atom is -0.490 e. The molecule has 2 N–H and O–H groups in total. The van der Waals surface area contributed by atoms with Gasteiger partial charge in [0.25, 0.3) is 5.91 Å². The van der Waals surface area contributed by atoms with Crippen LogP contribution in [0.2, 0.25) is 0 Å².